The molecule has 2 heterocycles. The van der Waals surface area contributed by atoms with Gasteiger partial charge in [-0.15, -0.1) is 11.3 Å². The van der Waals surface area contributed by atoms with Crippen molar-refractivity contribution in [3.05, 3.63) is 65.2 Å². The van der Waals surface area contributed by atoms with E-state index in [0.717, 1.165) is 10.6 Å². The normalized spacial score (nSPS) is 10.4. The first-order valence-electron chi connectivity index (χ1n) is 6.82. The largest absolute Gasteiger partial charge is 0.496 e. The van der Waals surface area contributed by atoms with Gasteiger partial charge in [0.2, 0.25) is 0 Å². The number of para-hydroxylation sites is 1. The summed E-state index contributed by atoms with van der Waals surface area (Å²) in [7, 11) is 1.55. The van der Waals surface area contributed by atoms with E-state index in [0.29, 0.717) is 23.6 Å². The Kier molecular flexibility index (Phi) is 4.25. The van der Waals surface area contributed by atoms with Crippen LogP contribution in [-0.2, 0) is 6.54 Å². The molecule has 1 amide bonds. The molecule has 0 spiro atoms. The van der Waals surface area contributed by atoms with Crippen LogP contribution in [0.25, 0.3) is 10.6 Å². The number of hydrogen-bond donors (Lipinski definition) is 1. The lowest BCUT2D eigenvalue weighted by atomic mass is 10.2. The molecule has 1 aromatic carbocycles. The predicted molar refractivity (Wildman–Crippen MR) is 86.2 cm³/mol. The van der Waals surface area contributed by atoms with Crippen LogP contribution in [0.3, 0.4) is 0 Å². The van der Waals surface area contributed by atoms with Gasteiger partial charge in [0.05, 0.1) is 24.1 Å². The van der Waals surface area contributed by atoms with Crippen molar-refractivity contribution in [3.8, 4) is 16.4 Å². The molecule has 0 fully saturated rings. The number of ether oxygens (including phenoxy) is 1. The maximum atomic E-state index is 12.2. The van der Waals surface area contributed by atoms with Crippen LogP contribution in [0.15, 0.2) is 58.3 Å². The summed E-state index contributed by atoms with van der Waals surface area (Å²) in [6.45, 7) is 0.336. The van der Waals surface area contributed by atoms with Gasteiger partial charge in [0, 0.05) is 0 Å². The van der Waals surface area contributed by atoms with Crippen LogP contribution in [0.2, 0.25) is 0 Å². The first kappa shape index (κ1) is 14.4. The second-order valence-electron chi connectivity index (χ2n) is 4.63. The molecule has 4 nitrogen and oxygen atoms in total. The molecular weight excluding hydrogens is 298 g/mol. The van der Waals surface area contributed by atoms with Crippen LogP contribution in [0, 0.1) is 0 Å². The van der Waals surface area contributed by atoms with Gasteiger partial charge in [0.15, 0.2) is 0 Å². The number of thiophene rings is 1. The van der Waals surface area contributed by atoms with Gasteiger partial charge < -0.3 is 14.5 Å². The monoisotopic (exact) mass is 313 g/mol. The third-order valence-corrected chi connectivity index (χ3v) is 4.08. The third-order valence-electron chi connectivity index (χ3n) is 3.20. The smallest absolute Gasteiger partial charge is 0.255 e. The second-order valence-corrected chi connectivity index (χ2v) is 5.57. The molecule has 1 N–H and O–H groups in total. The Morgan fingerprint density at radius 1 is 1.18 bits per heavy atom. The molecule has 5 heteroatoms. The minimum Gasteiger partial charge on any atom is -0.496 e. The zero-order chi connectivity index (χ0) is 15.4. The number of methoxy groups -OCH3 is 1. The fraction of sp³-hybridized carbons (Fsp3) is 0.118. The summed E-state index contributed by atoms with van der Waals surface area (Å²) in [6, 6.07) is 14.9. The summed E-state index contributed by atoms with van der Waals surface area (Å²) in [5.74, 6) is 1.90. The first-order chi connectivity index (χ1) is 10.8. The maximum absolute atomic E-state index is 12.2. The van der Waals surface area contributed by atoms with Gasteiger partial charge in [0.1, 0.15) is 17.3 Å². The van der Waals surface area contributed by atoms with Gasteiger partial charge in [-0.1, -0.05) is 18.2 Å². The van der Waals surface area contributed by atoms with Gasteiger partial charge in [0.25, 0.3) is 5.91 Å². The van der Waals surface area contributed by atoms with Crippen LogP contribution in [0.4, 0.5) is 0 Å². The molecule has 22 heavy (non-hydrogen) atoms. The molecule has 3 aromatic rings. The maximum Gasteiger partial charge on any atom is 0.255 e. The molecule has 0 unspecified atom stereocenters. The minimum absolute atomic E-state index is 0.188. The molecule has 0 saturated carbocycles. The van der Waals surface area contributed by atoms with Crippen molar-refractivity contribution in [1.29, 1.82) is 0 Å². The standard InChI is InChI=1S/C17H15NO3S/c1-20-14-6-3-2-5-13(14)17(19)18-11-12-8-9-15(21-12)16-7-4-10-22-16/h2-10H,11H2,1H3,(H,18,19). The zero-order valence-electron chi connectivity index (χ0n) is 12.0. The average Bonchev–Trinajstić information content (AvgIpc) is 3.23. The Morgan fingerprint density at radius 2 is 2.05 bits per heavy atom. The number of benzene rings is 1. The molecule has 0 radical (unpaired) electrons. The number of carbonyl (C=O) groups excluding carboxylic acids is 1. The Hall–Kier alpha value is -2.53. The number of carbonyl (C=O) groups is 1. The Labute approximate surface area is 132 Å². The molecule has 2 aromatic heterocycles. The third kappa shape index (κ3) is 3.04. The Balaban J connectivity index is 1.66. The number of amides is 1. The van der Waals surface area contributed by atoms with Crippen LogP contribution in [0.5, 0.6) is 5.75 Å². The van der Waals surface area contributed by atoms with Crippen molar-refractivity contribution in [3.63, 3.8) is 0 Å². The van der Waals surface area contributed by atoms with E-state index in [4.69, 9.17) is 9.15 Å². The highest BCUT2D eigenvalue weighted by Gasteiger charge is 2.12. The average molecular weight is 313 g/mol. The van der Waals surface area contributed by atoms with Crippen molar-refractivity contribution in [2.75, 3.05) is 7.11 Å². The molecule has 0 atom stereocenters. The van der Waals surface area contributed by atoms with Gasteiger partial charge in [-0.05, 0) is 35.7 Å². The van der Waals surface area contributed by atoms with Gasteiger partial charge >= 0.3 is 0 Å². The summed E-state index contributed by atoms with van der Waals surface area (Å²) in [6.07, 6.45) is 0. The quantitative estimate of drug-likeness (QED) is 0.776. The minimum atomic E-state index is -0.188. The van der Waals surface area contributed by atoms with E-state index in [1.807, 2.05) is 35.7 Å². The second kappa shape index (κ2) is 6.49. The van der Waals surface area contributed by atoms with Gasteiger partial charge in [-0.3, -0.25) is 4.79 Å². The Morgan fingerprint density at radius 3 is 2.82 bits per heavy atom. The summed E-state index contributed by atoms with van der Waals surface area (Å²) < 4.78 is 10.9. The lowest BCUT2D eigenvalue weighted by Crippen LogP contribution is -2.23. The molecule has 0 aliphatic rings. The van der Waals surface area contributed by atoms with Crippen LogP contribution < -0.4 is 10.1 Å². The van der Waals surface area contributed by atoms with Crippen molar-refractivity contribution >= 4 is 17.2 Å². The van der Waals surface area contributed by atoms with Crippen LogP contribution in [-0.4, -0.2) is 13.0 Å². The predicted octanol–water partition coefficient (Wildman–Crippen LogP) is 3.95. The first-order valence-corrected chi connectivity index (χ1v) is 7.69. The number of furan rings is 1. The summed E-state index contributed by atoms with van der Waals surface area (Å²) in [5, 5.41) is 4.84. The number of nitrogens with one attached hydrogen (secondary N) is 1. The zero-order valence-corrected chi connectivity index (χ0v) is 12.9. The fourth-order valence-corrected chi connectivity index (χ4v) is 2.81. The van der Waals surface area contributed by atoms with Crippen molar-refractivity contribution in [1.82, 2.24) is 5.32 Å². The molecule has 3 rings (SSSR count). The summed E-state index contributed by atoms with van der Waals surface area (Å²) in [5.41, 5.74) is 0.509. The lowest BCUT2D eigenvalue weighted by molar-refractivity contribution is 0.0945. The topological polar surface area (TPSA) is 51.5 Å². The van der Waals surface area contributed by atoms with Gasteiger partial charge in [-0.2, -0.15) is 0 Å². The van der Waals surface area contributed by atoms with Crippen molar-refractivity contribution in [2.24, 2.45) is 0 Å². The van der Waals surface area contributed by atoms with E-state index in [1.165, 1.54) is 0 Å². The molecule has 0 bridgehead atoms. The SMILES string of the molecule is COc1ccccc1C(=O)NCc1ccc(-c2cccs2)o1. The summed E-state index contributed by atoms with van der Waals surface area (Å²) in [4.78, 5) is 13.3. The highest BCUT2D eigenvalue weighted by atomic mass is 32.1. The van der Waals surface area contributed by atoms with E-state index in [-0.39, 0.29) is 5.91 Å². The fourth-order valence-electron chi connectivity index (χ4n) is 2.12. The van der Waals surface area contributed by atoms with E-state index in [9.17, 15) is 4.79 Å². The van der Waals surface area contributed by atoms with E-state index < -0.39 is 0 Å². The molecule has 0 aliphatic heterocycles. The highest BCUT2D eigenvalue weighted by molar-refractivity contribution is 7.13. The van der Waals surface area contributed by atoms with Crippen LogP contribution in [0.1, 0.15) is 16.1 Å². The van der Waals surface area contributed by atoms with Crippen molar-refractivity contribution in [2.45, 2.75) is 6.54 Å². The van der Waals surface area contributed by atoms with Crippen LogP contribution >= 0.6 is 11.3 Å². The Bertz CT molecular complexity index is 762. The summed E-state index contributed by atoms with van der Waals surface area (Å²) >= 11 is 1.62. The number of rotatable bonds is 5. The van der Waals surface area contributed by atoms with E-state index >= 15 is 0 Å². The molecule has 0 aliphatic carbocycles. The van der Waals surface area contributed by atoms with Crippen molar-refractivity contribution < 1.29 is 13.9 Å². The molecular formula is C17H15NO3S. The molecule has 0 saturated heterocycles. The van der Waals surface area contributed by atoms with E-state index in [2.05, 4.69) is 5.32 Å². The highest BCUT2D eigenvalue weighted by Crippen LogP contribution is 2.26. The molecule has 112 valence electrons. The van der Waals surface area contributed by atoms with Gasteiger partial charge in [-0.25, -0.2) is 0 Å². The lowest BCUT2D eigenvalue weighted by Gasteiger charge is -2.08. The number of hydrogen-bond acceptors (Lipinski definition) is 4. The van der Waals surface area contributed by atoms with E-state index in [1.54, 1.807) is 36.6 Å².